The minimum absolute atomic E-state index is 0.385. The average Bonchev–Trinajstić information content (AvgIpc) is 2.45. The van der Waals surface area contributed by atoms with E-state index in [0.29, 0.717) is 11.6 Å². The van der Waals surface area contributed by atoms with Crippen molar-refractivity contribution >= 4 is 23.4 Å². The second-order valence-corrected chi connectivity index (χ2v) is 5.15. The molecule has 0 atom stereocenters. The second kappa shape index (κ2) is 7.20. The van der Waals surface area contributed by atoms with E-state index < -0.39 is 0 Å². The maximum absolute atomic E-state index is 6.06. The lowest BCUT2D eigenvalue weighted by Crippen LogP contribution is -1.93. The van der Waals surface area contributed by atoms with Crippen molar-refractivity contribution in [1.29, 1.82) is 0 Å². The van der Waals surface area contributed by atoms with Gasteiger partial charge >= 0.3 is 0 Å². The lowest BCUT2D eigenvalue weighted by atomic mass is 10.1. The molecule has 1 aromatic heterocycles. The van der Waals surface area contributed by atoms with Crippen LogP contribution in [0, 0.1) is 11.8 Å². The molecule has 0 aliphatic heterocycles. The molecule has 0 radical (unpaired) electrons. The first-order valence-corrected chi connectivity index (χ1v) is 7.17. The molecule has 0 amide bonds. The van der Waals surface area contributed by atoms with Crippen molar-refractivity contribution in [3.63, 3.8) is 0 Å². The molecular weight excluding hydrogens is 276 g/mol. The van der Waals surface area contributed by atoms with Crippen LogP contribution in [-0.2, 0) is 5.75 Å². The Morgan fingerprint density at radius 2 is 2.00 bits per heavy atom. The molecule has 1 heterocycles. The summed E-state index contributed by atoms with van der Waals surface area (Å²) in [6, 6.07) is 11.8. The lowest BCUT2D eigenvalue weighted by Gasteiger charge is -2.03. The van der Waals surface area contributed by atoms with Crippen LogP contribution in [-0.4, -0.2) is 11.5 Å². The maximum Gasteiger partial charge on any atom is 0.115 e. The van der Waals surface area contributed by atoms with Gasteiger partial charge in [-0.15, -0.1) is 11.8 Å². The van der Waals surface area contributed by atoms with Crippen LogP contribution in [0.15, 0.2) is 47.6 Å². The third-order valence-electron chi connectivity index (χ3n) is 2.39. The van der Waals surface area contributed by atoms with E-state index in [4.69, 9.17) is 17.3 Å². The number of rotatable bonds is 3. The number of nitrogens with zero attached hydrogens (tertiary/aromatic N) is 1. The van der Waals surface area contributed by atoms with Crippen molar-refractivity contribution in [3.8, 4) is 11.8 Å². The van der Waals surface area contributed by atoms with Gasteiger partial charge in [-0.1, -0.05) is 35.6 Å². The molecule has 0 saturated heterocycles. The Kier molecular flexibility index (Phi) is 5.29. The van der Waals surface area contributed by atoms with E-state index in [9.17, 15) is 0 Å². The summed E-state index contributed by atoms with van der Waals surface area (Å²) in [5.41, 5.74) is 7.53. The second-order valence-electron chi connectivity index (χ2n) is 3.78. The summed E-state index contributed by atoms with van der Waals surface area (Å²) in [6.07, 6.45) is 1.75. The molecule has 96 valence electrons. The minimum Gasteiger partial charge on any atom is -0.320 e. The van der Waals surface area contributed by atoms with Crippen molar-refractivity contribution in [2.24, 2.45) is 5.73 Å². The van der Waals surface area contributed by atoms with Gasteiger partial charge in [0.05, 0.1) is 11.6 Å². The summed E-state index contributed by atoms with van der Waals surface area (Å²) in [6.45, 7) is 0.385. The predicted octanol–water partition coefficient (Wildman–Crippen LogP) is 3.34. The molecule has 4 heteroatoms. The standard InChI is InChI=1S/C15H13ClN2S/c16-14-4-2-10-18-15(14)19-11-13-7-5-12(6-8-13)3-1-9-17/h2,4-8,10H,9,11,17H2. The quantitative estimate of drug-likeness (QED) is 0.695. The van der Waals surface area contributed by atoms with Gasteiger partial charge in [-0.3, -0.25) is 0 Å². The fourth-order valence-corrected chi connectivity index (χ4v) is 2.59. The highest BCUT2D eigenvalue weighted by molar-refractivity contribution is 7.98. The zero-order valence-electron chi connectivity index (χ0n) is 10.3. The van der Waals surface area contributed by atoms with Crippen LogP contribution in [0.2, 0.25) is 5.02 Å². The highest BCUT2D eigenvalue weighted by Crippen LogP contribution is 2.27. The van der Waals surface area contributed by atoms with Crippen LogP contribution < -0.4 is 5.73 Å². The van der Waals surface area contributed by atoms with Crippen LogP contribution in [0.4, 0.5) is 0 Å². The molecule has 0 aliphatic carbocycles. The van der Waals surface area contributed by atoms with E-state index in [1.165, 1.54) is 5.56 Å². The molecule has 0 unspecified atom stereocenters. The summed E-state index contributed by atoms with van der Waals surface area (Å²) < 4.78 is 0. The number of aromatic nitrogens is 1. The third kappa shape index (κ3) is 4.29. The normalized spacial score (nSPS) is 9.79. The molecular formula is C15H13ClN2S. The summed E-state index contributed by atoms with van der Waals surface area (Å²) in [5.74, 6) is 6.67. The predicted molar refractivity (Wildman–Crippen MR) is 81.2 cm³/mol. The third-order valence-corrected chi connectivity index (χ3v) is 3.88. The number of benzene rings is 1. The molecule has 2 aromatic rings. The van der Waals surface area contributed by atoms with Gasteiger partial charge in [0.15, 0.2) is 0 Å². The Morgan fingerprint density at radius 3 is 2.68 bits per heavy atom. The Hall–Kier alpha value is -1.47. The molecule has 0 saturated carbocycles. The fraction of sp³-hybridized carbons (Fsp3) is 0.133. The van der Waals surface area contributed by atoms with Crippen LogP contribution in [0.25, 0.3) is 0 Å². The van der Waals surface area contributed by atoms with Crippen molar-refractivity contribution in [2.45, 2.75) is 10.8 Å². The van der Waals surface area contributed by atoms with E-state index in [2.05, 4.69) is 29.0 Å². The number of hydrogen-bond acceptors (Lipinski definition) is 3. The number of thioether (sulfide) groups is 1. The summed E-state index contributed by atoms with van der Waals surface area (Å²) >= 11 is 7.68. The average molecular weight is 289 g/mol. The zero-order valence-corrected chi connectivity index (χ0v) is 11.8. The Balaban J connectivity index is 1.99. The summed E-state index contributed by atoms with van der Waals surface area (Å²) in [5, 5.41) is 1.55. The van der Waals surface area contributed by atoms with Gasteiger partial charge in [0.25, 0.3) is 0 Å². The van der Waals surface area contributed by atoms with Gasteiger partial charge in [-0.2, -0.15) is 0 Å². The van der Waals surface area contributed by atoms with Crippen molar-refractivity contribution in [3.05, 3.63) is 58.7 Å². The highest BCUT2D eigenvalue weighted by atomic mass is 35.5. The van der Waals surface area contributed by atoms with Crippen LogP contribution in [0.5, 0.6) is 0 Å². The van der Waals surface area contributed by atoms with E-state index in [1.807, 2.05) is 24.3 Å². The molecule has 2 rings (SSSR count). The first kappa shape index (κ1) is 14.0. The number of pyridine rings is 1. The molecule has 2 nitrogen and oxygen atoms in total. The van der Waals surface area contributed by atoms with Crippen molar-refractivity contribution in [2.75, 3.05) is 6.54 Å². The zero-order chi connectivity index (χ0) is 13.5. The van der Waals surface area contributed by atoms with Crippen molar-refractivity contribution in [1.82, 2.24) is 4.98 Å². The molecule has 0 bridgehead atoms. The SMILES string of the molecule is NCC#Cc1ccc(CSc2ncccc2Cl)cc1. The Labute approximate surface area is 122 Å². The molecule has 19 heavy (non-hydrogen) atoms. The van der Waals surface area contributed by atoms with E-state index in [0.717, 1.165) is 16.3 Å². The van der Waals surface area contributed by atoms with Crippen LogP contribution in [0.1, 0.15) is 11.1 Å². The number of nitrogens with two attached hydrogens (primary N) is 1. The summed E-state index contributed by atoms with van der Waals surface area (Å²) in [4.78, 5) is 4.25. The first-order chi connectivity index (χ1) is 9.29. The van der Waals surface area contributed by atoms with Gasteiger partial charge < -0.3 is 5.73 Å². The number of hydrogen-bond donors (Lipinski definition) is 1. The van der Waals surface area contributed by atoms with Gasteiger partial charge in [0, 0.05) is 17.5 Å². The van der Waals surface area contributed by atoms with E-state index >= 15 is 0 Å². The molecule has 0 fully saturated rings. The smallest absolute Gasteiger partial charge is 0.115 e. The van der Waals surface area contributed by atoms with Crippen LogP contribution in [0.3, 0.4) is 0 Å². The fourth-order valence-electron chi connectivity index (χ4n) is 1.47. The topological polar surface area (TPSA) is 38.9 Å². The van der Waals surface area contributed by atoms with Crippen molar-refractivity contribution < 1.29 is 0 Å². The molecule has 0 spiro atoms. The van der Waals surface area contributed by atoms with E-state index in [1.54, 1.807) is 18.0 Å². The van der Waals surface area contributed by atoms with Gasteiger partial charge in [-0.05, 0) is 29.8 Å². The lowest BCUT2D eigenvalue weighted by molar-refractivity contribution is 1.13. The maximum atomic E-state index is 6.06. The molecule has 2 N–H and O–H groups in total. The molecule has 1 aromatic carbocycles. The largest absolute Gasteiger partial charge is 0.320 e. The first-order valence-electron chi connectivity index (χ1n) is 5.81. The van der Waals surface area contributed by atoms with Gasteiger partial charge in [-0.25, -0.2) is 4.98 Å². The molecule has 0 aliphatic rings. The minimum atomic E-state index is 0.385. The van der Waals surface area contributed by atoms with Gasteiger partial charge in [0.2, 0.25) is 0 Å². The highest BCUT2D eigenvalue weighted by Gasteiger charge is 2.02. The Morgan fingerprint density at radius 1 is 1.21 bits per heavy atom. The monoisotopic (exact) mass is 288 g/mol. The van der Waals surface area contributed by atoms with Gasteiger partial charge in [0.1, 0.15) is 5.03 Å². The van der Waals surface area contributed by atoms with Crippen LogP contribution >= 0.6 is 23.4 Å². The Bertz CT molecular complexity index is 600. The van der Waals surface area contributed by atoms with E-state index in [-0.39, 0.29) is 0 Å². The number of halogens is 1. The summed E-state index contributed by atoms with van der Waals surface area (Å²) in [7, 11) is 0.